The molecule has 0 radical (unpaired) electrons. The lowest BCUT2D eigenvalue weighted by atomic mass is 10.2. The monoisotopic (exact) mass is 268 g/mol. The number of hydrogen-bond acceptors (Lipinski definition) is 4. The Morgan fingerprint density at radius 2 is 2.26 bits per heavy atom. The minimum atomic E-state index is -0.129. The number of amides is 1. The Morgan fingerprint density at radius 1 is 1.58 bits per heavy atom. The van der Waals surface area contributed by atoms with Gasteiger partial charge in [-0.1, -0.05) is 6.92 Å². The summed E-state index contributed by atoms with van der Waals surface area (Å²) in [6.45, 7) is 7.76. The number of nitrogens with zero attached hydrogens (tertiary/aromatic N) is 3. The Kier molecular flexibility index (Phi) is 5.82. The van der Waals surface area contributed by atoms with Crippen LogP contribution in [0.1, 0.15) is 37.7 Å². The molecule has 0 fully saturated rings. The maximum absolute atomic E-state index is 12.5. The SMILES string of the molecule is CCC(C)N(CCOC)C(=O)c1nn(CC)cc1N. The summed E-state index contributed by atoms with van der Waals surface area (Å²) in [6, 6.07) is 0.133. The molecule has 1 aromatic rings. The fraction of sp³-hybridized carbons (Fsp3) is 0.692. The second-order valence-electron chi connectivity index (χ2n) is 4.54. The van der Waals surface area contributed by atoms with E-state index in [0.717, 1.165) is 6.42 Å². The zero-order valence-electron chi connectivity index (χ0n) is 12.2. The number of methoxy groups -OCH3 is 1. The molecule has 0 aliphatic rings. The van der Waals surface area contributed by atoms with Gasteiger partial charge in [0.15, 0.2) is 5.69 Å². The van der Waals surface area contributed by atoms with Crippen LogP contribution in [-0.2, 0) is 11.3 Å². The van der Waals surface area contributed by atoms with Crippen LogP contribution < -0.4 is 5.73 Å². The van der Waals surface area contributed by atoms with Gasteiger partial charge in [-0.25, -0.2) is 0 Å². The molecule has 6 nitrogen and oxygen atoms in total. The molecule has 0 aromatic carbocycles. The Labute approximate surface area is 114 Å². The Balaban J connectivity index is 2.93. The number of nitrogens with two attached hydrogens (primary N) is 1. The number of carbonyl (C=O) groups excluding carboxylic acids is 1. The third kappa shape index (κ3) is 3.70. The van der Waals surface area contributed by atoms with Crippen molar-refractivity contribution >= 4 is 11.6 Å². The van der Waals surface area contributed by atoms with E-state index in [2.05, 4.69) is 5.10 Å². The van der Waals surface area contributed by atoms with E-state index in [1.165, 1.54) is 0 Å². The number of rotatable bonds is 7. The molecule has 6 heteroatoms. The minimum Gasteiger partial charge on any atom is -0.396 e. The van der Waals surface area contributed by atoms with Crippen molar-refractivity contribution in [2.24, 2.45) is 0 Å². The highest BCUT2D eigenvalue weighted by Gasteiger charge is 2.24. The molecule has 0 spiro atoms. The van der Waals surface area contributed by atoms with Crippen LogP contribution in [-0.4, -0.2) is 46.9 Å². The van der Waals surface area contributed by atoms with Gasteiger partial charge < -0.3 is 15.4 Å². The largest absolute Gasteiger partial charge is 0.396 e. The maximum Gasteiger partial charge on any atom is 0.276 e. The van der Waals surface area contributed by atoms with E-state index in [1.807, 2.05) is 20.8 Å². The van der Waals surface area contributed by atoms with Crippen molar-refractivity contribution in [2.45, 2.75) is 39.8 Å². The Bertz CT molecular complexity index is 417. The first-order valence-corrected chi connectivity index (χ1v) is 6.67. The predicted octanol–water partition coefficient (Wildman–Crippen LogP) is 1.37. The average molecular weight is 268 g/mol. The molecule has 1 rings (SSSR count). The van der Waals surface area contributed by atoms with E-state index >= 15 is 0 Å². The number of anilines is 1. The van der Waals surface area contributed by atoms with Gasteiger partial charge in [-0.15, -0.1) is 0 Å². The summed E-state index contributed by atoms with van der Waals surface area (Å²) >= 11 is 0. The molecule has 0 aliphatic heterocycles. The molecule has 1 unspecified atom stereocenters. The molecule has 1 aromatic heterocycles. The van der Waals surface area contributed by atoms with Crippen LogP contribution in [0.15, 0.2) is 6.20 Å². The number of nitrogen functional groups attached to an aromatic ring is 1. The molecule has 108 valence electrons. The van der Waals surface area contributed by atoms with Crippen molar-refractivity contribution in [3.63, 3.8) is 0 Å². The highest BCUT2D eigenvalue weighted by molar-refractivity contribution is 5.97. The van der Waals surface area contributed by atoms with E-state index in [0.29, 0.717) is 31.1 Å². The van der Waals surface area contributed by atoms with Gasteiger partial charge >= 0.3 is 0 Å². The summed E-state index contributed by atoms with van der Waals surface area (Å²) in [4.78, 5) is 14.3. The molecule has 2 N–H and O–H groups in total. The number of aryl methyl sites for hydroxylation is 1. The van der Waals surface area contributed by atoms with Gasteiger partial charge in [0.1, 0.15) is 0 Å². The van der Waals surface area contributed by atoms with Crippen molar-refractivity contribution in [1.29, 1.82) is 0 Å². The van der Waals surface area contributed by atoms with E-state index in [-0.39, 0.29) is 11.9 Å². The first-order valence-electron chi connectivity index (χ1n) is 6.67. The molecular weight excluding hydrogens is 244 g/mol. The van der Waals surface area contributed by atoms with Crippen molar-refractivity contribution in [3.05, 3.63) is 11.9 Å². The normalized spacial score (nSPS) is 12.4. The summed E-state index contributed by atoms with van der Waals surface area (Å²) in [5.41, 5.74) is 6.62. The highest BCUT2D eigenvalue weighted by Crippen LogP contribution is 2.15. The maximum atomic E-state index is 12.5. The third-order valence-corrected chi connectivity index (χ3v) is 3.24. The quantitative estimate of drug-likeness (QED) is 0.810. The lowest BCUT2D eigenvalue weighted by molar-refractivity contribution is 0.0608. The van der Waals surface area contributed by atoms with Gasteiger partial charge in [-0.3, -0.25) is 9.48 Å². The molecular formula is C13H24N4O2. The Morgan fingerprint density at radius 3 is 2.74 bits per heavy atom. The summed E-state index contributed by atoms with van der Waals surface area (Å²) in [5.74, 6) is -0.129. The summed E-state index contributed by atoms with van der Waals surface area (Å²) in [7, 11) is 1.62. The molecule has 0 bridgehead atoms. The van der Waals surface area contributed by atoms with Crippen LogP contribution in [0, 0.1) is 0 Å². The van der Waals surface area contributed by atoms with Crippen LogP contribution in [0.2, 0.25) is 0 Å². The lowest BCUT2D eigenvalue weighted by Crippen LogP contribution is -2.41. The van der Waals surface area contributed by atoms with E-state index in [9.17, 15) is 4.79 Å². The van der Waals surface area contributed by atoms with E-state index in [1.54, 1.807) is 22.9 Å². The second kappa shape index (κ2) is 7.13. The first kappa shape index (κ1) is 15.5. The first-order chi connectivity index (χ1) is 9.04. The number of aromatic nitrogens is 2. The van der Waals surface area contributed by atoms with Gasteiger partial charge in [0, 0.05) is 32.4 Å². The number of hydrogen-bond donors (Lipinski definition) is 1. The van der Waals surface area contributed by atoms with Gasteiger partial charge in [-0.05, 0) is 20.3 Å². The van der Waals surface area contributed by atoms with Crippen molar-refractivity contribution < 1.29 is 9.53 Å². The van der Waals surface area contributed by atoms with Crippen molar-refractivity contribution in [2.75, 3.05) is 26.0 Å². The van der Waals surface area contributed by atoms with E-state index in [4.69, 9.17) is 10.5 Å². The molecule has 1 atom stereocenters. The average Bonchev–Trinajstić information content (AvgIpc) is 2.79. The van der Waals surface area contributed by atoms with Crippen LogP contribution >= 0.6 is 0 Å². The summed E-state index contributed by atoms with van der Waals surface area (Å²) in [5, 5.41) is 4.23. The molecule has 0 saturated heterocycles. The number of carbonyl (C=O) groups is 1. The van der Waals surface area contributed by atoms with Crippen LogP contribution in [0.4, 0.5) is 5.69 Å². The van der Waals surface area contributed by atoms with Crippen LogP contribution in [0.5, 0.6) is 0 Å². The summed E-state index contributed by atoms with van der Waals surface area (Å²) < 4.78 is 6.73. The minimum absolute atomic E-state index is 0.129. The third-order valence-electron chi connectivity index (χ3n) is 3.24. The highest BCUT2D eigenvalue weighted by atomic mass is 16.5. The van der Waals surface area contributed by atoms with Gasteiger partial charge in [-0.2, -0.15) is 5.10 Å². The molecule has 0 saturated carbocycles. The van der Waals surface area contributed by atoms with E-state index < -0.39 is 0 Å². The van der Waals surface area contributed by atoms with Gasteiger partial charge in [0.05, 0.1) is 12.3 Å². The van der Waals surface area contributed by atoms with Crippen LogP contribution in [0.3, 0.4) is 0 Å². The molecule has 19 heavy (non-hydrogen) atoms. The zero-order chi connectivity index (χ0) is 14.4. The van der Waals surface area contributed by atoms with Crippen molar-refractivity contribution in [3.8, 4) is 0 Å². The standard InChI is InChI=1S/C13H24N4O2/c1-5-10(3)17(7-8-19-4)13(18)12-11(14)9-16(6-2)15-12/h9-10H,5-8,14H2,1-4H3. The Hall–Kier alpha value is -1.56. The van der Waals surface area contributed by atoms with Gasteiger partial charge in [0.25, 0.3) is 5.91 Å². The molecule has 0 aliphatic carbocycles. The zero-order valence-corrected chi connectivity index (χ0v) is 12.2. The van der Waals surface area contributed by atoms with Crippen LogP contribution in [0.25, 0.3) is 0 Å². The predicted molar refractivity (Wildman–Crippen MR) is 75.0 cm³/mol. The molecule has 1 heterocycles. The lowest BCUT2D eigenvalue weighted by Gasteiger charge is -2.27. The van der Waals surface area contributed by atoms with Crippen molar-refractivity contribution in [1.82, 2.24) is 14.7 Å². The fourth-order valence-electron chi connectivity index (χ4n) is 1.83. The summed E-state index contributed by atoms with van der Waals surface area (Å²) in [6.07, 6.45) is 2.57. The topological polar surface area (TPSA) is 73.4 Å². The molecule has 1 amide bonds. The number of ether oxygens (including phenoxy) is 1. The smallest absolute Gasteiger partial charge is 0.276 e. The fourth-order valence-corrected chi connectivity index (χ4v) is 1.83. The van der Waals surface area contributed by atoms with Gasteiger partial charge in [0.2, 0.25) is 0 Å². The second-order valence-corrected chi connectivity index (χ2v) is 4.54.